The van der Waals surface area contributed by atoms with Crippen molar-refractivity contribution in [2.75, 3.05) is 5.32 Å². The number of phenolic OH excluding ortho intramolecular Hbond substituents is 1. The average Bonchev–Trinajstić information content (AvgIpc) is 2.69. The predicted octanol–water partition coefficient (Wildman–Crippen LogP) is 5.43. The molecule has 0 saturated heterocycles. The Labute approximate surface area is 184 Å². The zero-order valence-corrected chi connectivity index (χ0v) is 17.9. The molecule has 5 nitrogen and oxygen atoms in total. The number of amides is 2. The number of para-hydroxylation sites is 1. The second-order valence-electron chi connectivity index (χ2n) is 6.88. The van der Waals surface area contributed by atoms with Gasteiger partial charge in [-0.3, -0.25) is 9.59 Å². The molecule has 0 aliphatic carbocycles. The van der Waals surface area contributed by atoms with Gasteiger partial charge in [-0.2, -0.15) is 0 Å². The number of nitrogens with one attached hydrogen (secondary N) is 2. The van der Waals surface area contributed by atoms with Crippen LogP contribution in [-0.4, -0.2) is 16.9 Å². The summed E-state index contributed by atoms with van der Waals surface area (Å²) in [4.78, 5) is 26.0. The molecule has 0 fully saturated rings. The quantitative estimate of drug-likeness (QED) is 0.493. The highest BCUT2D eigenvalue weighted by Crippen LogP contribution is 2.25. The maximum atomic E-state index is 13.2. The summed E-state index contributed by atoms with van der Waals surface area (Å²) in [5, 5.41) is 15.8. The summed E-state index contributed by atoms with van der Waals surface area (Å²) in [6, 6.07) is 15.3. The van der Waals surface area contributed by atoms with E-state index in [1.807, 2.05) is 32.0 Å². The summed E-state index contributed by atoms with van der Waals surface area (Å²) in [6.45, 7) is 3.79. The van der Waals surface area contributed by atoms with Gasteiger partial charge < -0.3 is 15.7 Å². The molecular weight excluding hydrogens is 423 g/mol. The van der Waals surface area contributed by atoms with E-state index in [9.17, 15) is 14.7 Å². The van der Waals surface area contributed by atoms with E-state index in [2.05, 4.69) is 10.6 Å². The molecule has 0 aliphatic heterocycles. The third kappa shape index (κ3) is 4.93. The molecule has 0 aliphatic rings. The third-order valence-corrected chi connectivity index (χ3v) is 5.22. The largest absolute Gasteiger partial charge is 0.508 e. The number of rotatable bonds is 5. The molecule has 3 N–H and O–H groups in total. The Hall–Kier alpha value is -3.02. The second kappa shape index (κ2) is 9.20. The van der Waals surface area contributed by atoms with E-state index in [0.717, 1.165) is 11.1 Å². The zero-order chi connectivity index (χ0) is 21.8. The van der Waals surface area contributed by atoms with Crippen LogP contribution in [0.4, 0.5) is 5.69 Å². The fraction of sp³-hybridized carbons (Fsp3) is 0.130. The number of aromatic hydroxyl groups is 1. The van der Waals surface area contributed by atoms with Gasteiger partial charge in [-0.1, -0.05) is 53.5 Å². The first kappa shape index (κ1) is 21.7. The number of carbonyl (C=O) groups excluding carboxylic acids is 2. The van der Waals surface area contributed by atoms with Gasteiger partial charge in [-0.05, 0) is 60.9 Å². The smallest absolute Gasteiger partial charge is 0.253 e. The molecule has 0 unspecified atom stereocenters. The van der Waals surface area contributed by atoms with Gasteiger partial charge in [0.1, 0.15) is 11.8 Å². The van der Waals surface area contributed by atoms with Crippen molar-refractivity contribution in [2.24, 2.45) is 0 Å². The number of halogens is 2. The molecule has 30 heavy (non-hydrogen) atoms. The summed E-state index contributed by atoms with van der Waals surface area (Å²) in [5.41, 5.74) is 3.20. The molecule has 154 valence electrons. The number of benzene rings is 3. The monoisotopic (exact) mass is 442 g/mol. The molecule has 1 atom stereocenters. The van der Waals surface area contributed by atoms with E-state index < -0.39 is 17.9 Å². The van der Waals surface area contributed by atoms with Gasteiger partial charge in [0.15, 0.2) is 0 Å². The molecule has 0 saturated carbocycles. The van der Waals surface area contributed by atoms with Crippen molar-refractivity contribution in [3.8, 4) is 5.75 Å². The highest BCUT2D eigenvalue weighted by Gasteiger charge is 2.25. The normalized spacial score (nSPS) is 11.6. The van der Waals surface area contributed by atoms with Crippen molar-refractivity contribution in [1.29, 1.82) is 0 Å². The first-order chi connectivity index (χ1) is 14.3. The number of aryl methyl sites for hydroxylation is 2. The van der Waals surface area contributed by atoms with Crippen LogP contribution in [0.3, 0.4) is 0 Å². The summed E-state index contributed by atoms with van der Waals surface area (Å²) in [5.74, 6) is -0.886. The van der Waals surface area contributed by atoms with Crippen LogP contribution in [0.15, 0.2) is 60.7 Å². The minimum absolute atomic E-state index is 0.0553. The van der Waals surface area contributed by atoms with Gasteiger partial charge in [0.2, 0.25) is 0 Å². The fourth-order valence-corrected chi connectivity index (χ4v) is 3.55. The molecule has 0 radical (unpaired) electrons. The molecule has 0 heterocycles. The summed E-state index contributed by atoms with van der Waals surface area (Å²) in [7, 11) is 0. The Morgan fingerprint density at radius 2 is 1.57 bits per heavy atom. The Bertz CT molecular complexity index is 1080. The first-order valence-electron chi connectivity index (χ1n) is 9.18. The lowest BCUT2D eigenvalue weighted by molar-refractivity contribution is -0.118. The van der Waals surface area contributed by atoms with Gasteiger partial charge in [0.05, 0.1) is 10.6 Å². The van der Waals surface area contributed by atoms with Gasteiger partial charge in [-0.25, -0.2) is 0 Å². The van der Waals surface area contributed by atoms with Crippen molar-refractivity contribution in [1.82, 2.24) is 5.32 Å². The fourth-order valence-electron chi connectivity index (χ4n) is 3.06. The van der Waals surface area contributed by atoms with Gasteiger partial charge >= 0.3 is 0 Å². The van der Waals surface area contributed by atoms with Crippen LogP contribution in [0, 0.1) is 13.8 Å². The van der Waals surface area contributed by atoms with E-state index in [4.69, 9.17) is 23.2 Å². The SMILES string of the molecule is Cc1cccc(C)c1NC(=O)[C@H](NC(=O)c1ccc(Cl)cc1Cl)c1ccc(O)cc1. The number of anilines is 1. The predicted molar refractivity (Wildman–Crippen MR) is 119 cm³/mol. The molecular formula is C23H20Cl2N2O3. The van der Waals surface area contributed by atoms with E-state index in [-0.39, 0.29) is 16.3 Å². The number of phenols is 1. The molecule has 0 aromatic heterocycles. The molecule has 0 bridgehead atoms. The number of carbonyl (C=O) groups is 2. The minimum atomic E-state index is -1.01. The van der Waals surface area contributed by atoms with Crippen LogP contribution in [0.25, 0.3) is 0 Å². The Kier molecular flexibility index (Phi) is 6.65. The maximum absolute atomic E-state index is 13.2. The summed E-state index contributed by atoms with van der Waals surface area (Å²) in [6.07, 6.45) is 0. The van der Waals surface area contributed by atoms with E-state index in [1.165, 1.54) is 24.3 Å². The van der Waals surface area contributed by atoms with Crippen molar-refractivity contribution < 1.29 is 14.7 Å². The van der Waals surface area contributed by atoms with Gasteiger partial charge in [-0.15, -0.1) is 0 Å². The van der Waals surface area contributed by atoms with Crippen LogP contribution in [0.1, 0.15) is 33.1 Å². The standard InChI is InChI=1S/C23H20Cl2N2O3/c1-13-4-3-5-14(2)20(13)26-23(30)21(15-6-9-17(28)10-7-15)27-22(29)18-11-8-16(24)12-19(18)25/h3-12,21,28H,1-2H3,(H,26,30)(H,27,29)/t21-/m1/s1. The number of hydrogen-bond donors (Lipinski definition) is 3. The molecule has 3 aromatic rings. The van der Waals surface area contributed by atoms with Crippen molar-refractivity contribution >= 4 is 40.7 Å². The van der Waals surface area contributed by atoms with Gasteiger partial charge in [0, 0.05) is 10.7 Å². The van der Waals surface area contributed by atoms with Crippen molar-refractivity contribution in [3.05, 3.63) is 93.0 Å². The Balaban J connectivity index is 1.93. The Morgan fingerprint density at radius 3 is 2.17 bits per heavy atom. The van der Waals surface area contributed by atoms with Crippen LogP contribution in [0.5, 0.6) is 5.75 Å². The zero-order valence-electron chi connectivity index (χ0n) is 16.4. The van der Waals surface area contributed by atoms with E-state index >= 15 is 0 Å². The number of hydrogen-bond acceptors (Lipinski definition) is 3. The minimum Gasteiger partial charge on any atom is -0.508 e. The highest BCUT2D eigenvalue weighted by molar-refractivity contribution is 6.36. The lowest BCUT2D eigenvalue weighted by atomic mass is 10.0. The third-order valence-electron chi connectivity index (χ3n) is 4.67. The van der Waals surface area contributed by atoms with Gasteiger partial charge in [0.25, 0.3) is 11.8 Å². The first-order valence-corrected chi connectivity index (χ1v) is 9.94. The lowest BCUT2D eigenvalue weighted by Gasteiger charge is -2.21. The highest BCUT2D eigenvalue weighted by atomic mass is 35.5. The molecule has 7 heteroatoms. The summed E-state index contributed by atoms with van der Waals surface area (Å²) >= 11 is 12.1. The van der Waals surface area contributed by atoms with Crippen LogP contribution in [-0.2, 0) is 4.79 Å². The second-order valence-corrected chi connectivity index (χ2v) is 7.72. The molecule has 2 amide bonds. The topological polar surface area (TPSA) is 78.4 Å². The van der Waals surface area contributed by atoms with E-state index in [1.54, 1.807) is 18.2 Å². The molecule has 3 aromatic carbocycles. The molecule has 3 rings (SSSR count). The maximum Gasteiger partial charge on any atom is 0.253 e. The van der Waals surface area contributed by atoms with Crippen molar-refractivity contribution in [2.45, 2.75) is 19.9 Å². The van der Waals surface area contributed by atoms with E-state index in [0.29, 0.717) is 16.3 Å². The van der Waals surface area contributed by atoms with Crippen LogP contribution in [0.2, 0.25) is 10.0 Å². The van der Waals surface area contributed by atoms with Crippen LogP contribution >= 0.6 is 23.2 Å². The van der Waals surface area contributed by atoms with Crippen LogP contribution < -0.4 is 10.6 Å². The van der Waals surface area contributed by atoms with Crippen molar-refractivity contribution in [3.63, 3.8) is 0 Å². The lowest BCUT2D eigenvalue weighted by Crippen LogP contribution is -2.37. The molecule has 0 spiro atoms. The average molecular weight is 443 g/mol. The summed E-state index contributed by atoms with van der Waals surface area (Å²) < 4.78 is 0. The Morgan fingerprint density at radius 1 is 0.933 bits per heavy atom.